The Morgan fingerprint density at radius 1 is 1.38 bits per heavy atom. The molecular formula is C8H12O5. The van der Waals surface area contributed by atoms with Crippen LogP contribution in [0, 0.1) is 0 Å². The van der Waals surface area contributed by atoms with E-state index < -0.39 is 17.5 Å². The lowest BCUT2D eigenvalue weighted by atomic mass is 10.3. The van der Waals surface area contributed by atoms with E-state index in [-0.39, 0.29) is 6.10 Å². The van der Waals surface area contributed by atoms with Gasteiger partial charge in [0.25, 0.3) is 0 Å². The summed E-state index contributed by atoms with van der Waals surface area (Å²) in [6.07, 6.45) is 0.486. The van der Waals surface area contributed by atoms with Crippen LogP contribution in [0.4, 0.5) is 0 Å². The number of hydrogen-bond acceptors (Lipinski definition) is 4. The first-order valence-corrected chi connectivity index (χ1v) is 3.66. The molecule has 0 atom stereocenters. The summed E-state index contributed by atoms with van der Waals surface area (Å²) in [4.78, 5) is 21.5. The first-order chi connectivity index (χ1) is 5.99. The van der Waals surface area contributed by atoms with Crippen LogP contribution in [-0.4, -0.2) is 30.3 Å². The van der Waals surface area contributed by atoms with Gasteiger partial charge in [0.2, 0.25) is 0 Å². The second kappa shape index (κ2) is 5.18. The number of aliphatic carboxylic acids is 1. The summed E-state index contributed by atoms with van der Waals surface area (Å²) in [5.74, 6) is -2.27. The normalized spacial score (nSPS) is 11.2. The molecule has 0 heterocycles. The third-order valence-electron chi connectivity index (χ3n) is 1.03. The van der Waals surface area contributed by atoms with Crippen molar-refractivity contribution in [1.82, 2.24) is 0 Å². The number of hydrogen-bond donors (Lipinski definition) is 1. The minimum atomic E-state index is -1.37. The number of esters is 1. The van der Waals surface area contributed by atoms with Gasteiger partial charge in [0.05, 0.1) is 13.2 Å². The van der Waals surface area contributed by atoms with Crippen molar-refractivity contribution >= 4 is 11.9 Å². The molecule has 0 bridgehead atoms. The first kappa shape index (κ1) is 11.5. The summed E-state index contributed by atoms with van der Waals surface area (Å²) in [6.45, 7) is 3.26. The van der Waals surface area contributed by atoms with Gasteiger partial charge in [-0.05, 0) is 13.8 Å². The molecule has 5 nitrogen and oxygen atoms in total. The molecular weight excluding hydrogens is 176 g/mol. The lowest BCUT2D eigenvalue weighted by Crippen LogP contribution is -2.19. The third kappa shape index (κ3) is 4.15. The Hall–Kier alpha value is -1.52. The predicted molar refractivity (Wildman–Crippen MR) is 44.0 cm³/mol. The molecule has 0 amide bonds. The largest absolute Gasteiger partial charge is 0.503 e. The number of carbonyl (C=O) groups is 2. The number of carboxylic acids is 1. The number of methoxy groups -OCH3 is 1. The molecule has 74 valence electrons. The van der Waals surface area contributed by atoms with Crippen LogP contribution in [0.2, 0.25) is 0 Å². The summed E-state index contributed by atoms with van der Waals surface area (Å²) >= 11 is 0. The van der Waals surface area contributed by atoms with Crippen LogP contribution in [0.3, 0.4) is 0 Å². The Morgan fingerprint density at radius 2 is 1.92 bits per heavy atom. The highest BCUT2D eigenvalue weighted by atomic mass is 16.5. The number of rotatable bonds is 4. The van der Waals surface area contributed by atoms with Crippen LogP contribution in [-0.2, 0) is 19.1 Å². The standard InChI is InChI=1S/C8H12O5/c1-5(2)13-8(11)6(4-12-3)7(9)10/h4-5H,1-3H3,(H,9,10). The van der Waals surface area contributed by atoms with Crippen LogP contribution in [0.5, 0.6) is 0 Å². The molecule has 13 heavy (non-hydrogen) atoms. The van der Waals surface area contributed by atoms with Crippen molar-refractivity contribution in [3.8, 4) is 0 Å². The van der Waals surface area contributed by atoms with E-state index in [1.54, 1.807) is 13.8 Å². The van der Waals surface area contributed by atoms with E-state index in [1.807, 2.05) is 0 Å². The minimum absolute atomic E-state index is 0.355. The monoisotopic (exact) mass is 188 g/mol. The molecule has 5 heteroatoms. The summed E-state index contributed by atoms with van der Waals surface area (Å²) in [5.41, 5.74) is -0.517. The molecule has 0 aromatic carbocycles. The highest BCUT2D eigenvalue weighted by Crippen LogP contribution is 2.01. The van der Waals surface area contributed by atoms with E-state index >= 15 is 0 Å². The second-order valence-electron chi connectivity index (χ2n) is 2.53. The molecule has 0 rings (SSSR count). The minimum Gasteiger partial charge on any atom is -0.503 e. The molecule has 0 unspecified atom stereocenters. The van der Waals surface area contributed by atoms with Gasteiger partial charge in [-0.15, -0.1) is 0 Å². The van der Waals surface area contributed by atoms with Crippen molar-refractivity contribution < 1.29 is 24.2 Å². The Labute approximate surface area is 75.9 Å². The Balaban J connectivity index is 4.48. The average molecular weight is 188 g/mol. The molecule has 0 aliphatic carbocycles. The maximum Gasteiger partial charge on any atom is 0.349 e. The van der Waals surface area contributed by atoms with E-state index in [0.29, 0.717) is 0 Å². The van der Waals surface area contributed by atoms with Crippen LogP contribution < -0.4 is 0 Å². The van der Waals surface area contributed by atoms with Gasteiger partial charge in [-0.3, -0.25) is 0 Å². The smallest absolute Gasteiger partial charge is 0.349 e. The number of carbonyl (C=O) groups excluding carboxylic acids is 1. The fraction of sp³-hybridized carbons (Fsp3) is 0.500. The molecule has 0 aliphatic rings. The van der Waals surface area contributed by atoms with Crippen LogP contribution in [0.15, 0.2) is 11.8 Å². The van der Waals surface area contributed by atoms with E-state index in [4.69, 9.17) is 5.11 Å². The Bertz CT molecular complexity index is 229. The van der Waals surface area contributed by atoms with E-state index in [9.17, 15) is 9.59 Å². The molecule has 0 fully saturated rings. The van der Waals surface area contributed by atoms with Gasteiger partial charge in [-0.2, -0.15) is 0 Å². The third-order valence-corrected chi connectivity index (χ3v) is 1.03. The van der Waals surface area contributed by atoms with Crippen molar-refractivity contribution in [2.75, 3.05) is 7.11 Å². The predicted octanol–water partition coefficient (Wildman–Crippen LogP) is 0.553. The van der Waals surface area contributed by atoms with E-state index in [1.165, 1.54) is 7.11 Å². The number of ether oxygens (including phenoxy) is 2. The Kier molecular flexibility index (Phi) is 4.58. The lowest BCUT2D eigenvalue weighted by Gasteiger charge is -2.07. The SMILES string of the molecule is COC=C(C(=O)O)C(=O)OC(C)C. The maximum absolute atomic E-state index is 11.0. The van der Waals surface area contributed by atoms with Crippen molar-refractivity contribution in [3.05, 3.63) is 11.8 Å². The topological polar surface area (TPSA) is 72.8 Å². The summed E-state index contributed by atoms with van der Waals surface area (Å²) < 4.78 is 9.08. The quantitative estimate of drug-likeness (QED) is 0.229. The highest BCUT2D eigenvalue weighted by Gasteiger charge is 2.20. The van der Waals surface area contributed by atoms with Crippen LogP contribution in [0.25, 0.3) is 0 Å². The summed E-state index contributed by atoms with van der Waals surface area (Å²) in [6, 6.07) is 0. The molecule has 0 saturated heterocycles. The highest BCUT2D eigenvalue weighted by molar-refractivity contribution is 6.13. The van der Waals surface area contributed by atoms with Crippen LogP contribution >= 0.6 is 0 Å². The van der Waals surface area contributed by atoms with Crippen molar-refractivity contribution in [2.24, 2.45) is 0 Å². The van der Waals surface area contributed by atoms with Gasteiger partial charge in [0.15, 0.2) is 5.57 Å². The van der Waals surface area contributed by atoms with Gasteiger partial charge >= 0.3 is 11.9 Å². The van der Waals surface area contributed by atoms with Gasteiger partial charge in [0.1, 0.15) is 6.26 Å². The maximum atomic E-state index is 11.0. The van der Waals surface area contributed by atoms with Crippen molar-refractivity contribution in [2.45, 2.75) is 20.0 Å². The zero-order chi connectivity index (χ0) is 10.4. The molecule has 0 radical (unpaired) electrons. The van der Waals surface area contributed by atoms with Gasteiger partial charge in [0, 0.05) is 0 Å². The number of carboxylic acid groups (broad SMARTS) is 1. The fourth-order valence-corrected chi connectivity index (χ4v) is 0.581. The second-order valence-corrected chi connectivity index (χ2v) is 2.53. The first-order valence-electron chi connectivity index (χ1n) is 3.66. The molecule has 0 aromatic rings. The summed E-state index contributed by atoms with van der Waals surface area (Å²) in [7, 11) is 1.26. The molecule has 0 aliphatic heterocycles. The average Bonchev–Trinajstić information content (AvgIpc) is 1.97. The van der Waals surface area contributed by atoms with Crippen LogP contribution in [0.1, 0.15) is 13.8 Å². The molecule has 1 N–H and O–H groups in total. The van der Waals surface area contributed by atoms with Gasteiger partial charge < -0.3 is 14.6 Å². The zero-order valence-corrected chi connectivity index (χ0v) is 7.73. The van der Waals surface area contributed by atoms with Crippen molar-refractivity contribution in [3.63, 3.8) is 0 Å². The Morgan fingerprint density at radius 3 is 2.23 bits per heavy atom. The fourth-order valence-electron chi connectivity index (χ4n) is 0.581. The van der Waals surface area contributed by atoms with Crippen molar-refractivity contribution in [1.29, 1.82) is 0 Å². The van der Waals surface area contributed by atoms with Gasteiger partial charge in [-0.1, -0.05) is 0 Å². The molecule has 0 spiro atoms. The van der Waals surface area contributed by atoms with E-state index in [2.05, 4.69) is 9.47 Å². The lowest BCUT2D eigenvalue weighted by molar-refractivity contribution is -0.147. The molecule has 0 saturated carbocycles. The molecule has 0 aromatic heterocycles. The van der Waals surface area contributed by atoms with Gasteiger partial charge in [-0.25, -0.2) is 9.59 Å². The summed E-state index contributed by atoms with van der Waals surface area (Å²) in [5, 5.41) is 8.54. The van der Waals surface area contributed by atoms with E-state index in [0.717, 1.165) is 6.26 Å². The zero-order valence-electron chi connectivity index (χ0n) is 7.73.